The molecule has 0 saturated carbocycles. The number of carbonyl (C=O) groups is 1. The SMILES string of the molecule is CCN(C(=O)[C@@H](C)[NH+]1CC[NH+](Cc2cc(OC)c(OC)cc2C)CC1)c1ccccc1. The zero-order valence-corrected chi connectivity index (χ0v) is 19.5. The van der Waals surface area contributed by atoms with Crippen molar-refractivity contribution in [2.24, 2.45) is 0 Å². The second-order valence-electron chi connectivity index (χ2n) is 8.36. The zero-order chi connectivity index (χ0) is 22.4. The number of ether oxygens (including phenoxy) is 2. The van der Waals surface area contributed by atoms with Gasteiger partial charge in [-0.3, -0.25) is 4.79 Å². The number of hydrogen-bond acceptors (Lipinski definition) is 3. The molecule has 1 aliphatic heterocycles. The number of nitrogens with one attached hydrogen (secondary N) is 2. The van der Waals surface area contributed by atoms with Crippen molar-refractivity contribution in [2.45, 2.75) is 33.4 Å². The highest BCUT2D eigenvalue weighted by Crippen LogP contribution is 2.29. The van der Waals surface area contributed by atoms with Crippen LogP contribution >= 0.6 is 0 Å². The van der Waals surface area contributed by atoms with Crippen LogP contribution in [-0.4, -0.2) is 58.9 Å². The number of hydrogen-bond donors (Lipinski definition) is 2. The van der Waals surface area contributed by atoms with E-state index in [2.05, 4.69) is 26.0 Å². The molecule has 0 unspecified atom stereocenters. The Morgan fingerprint density at radius 2 is 1.65 bits per heavy atom. The summed E-state index contributed by atoms with van der Waals surface area (Å²) < 4.78 is 10.9. The van der Waals surface area contributed by atoms with Gasteiger partial charge in [-0.15, -0.1) is 0 Å². The lowest BCUT2D eigenvalue weighted by molar-refractivity contribution is -1.02. The number of nitrogens with zero attached hydrogens (tertiary/aromatic N) is 1. The third-order valence-corrected chi connectivity index (χ3v) is 6.51. The molecule has 0 radical (unpaired) electrons. The molecule has 3 rings (SSSR count). The van der Waals surface area contributed by atoms with Crippen LogP contribution in [0.4, 0.5) is 5.69 Å². The van der Waals surface area contributed by atoms with Crippen LogP contribution in [0.1, 0.15) is 25.0 Å². The predicted molar refractivity (Wildman–Crippen MR) is 123 cm³/mol. The van der Waals surface area contributed by atoms with Gasteiger partial charge in [0.1, 0.15) is 32.7 Å². The molecule has 31 heavy (non-hydrogen) atoms. The number of likely N-dealkylation sites (N-methyl/N-ethyl adjacent to an activating group) is 1. The third-order valence-electron chi connectivity index (χ3n) is 6.51. The van der Waals surface area contributed by atoms with Crippen LogP contribution in [-0.2, 0) is 11.3 Å². The Bertz CT molecular complexity index is 864. The van der Waals surface area contributed by atoms with E-state index in [9.17, 15) is 4.79 Å². The van der Waals surface area contributed by atoms with Crippen molar-refractivity contribution in [3.8, 4) is 11.5 Å². The van der Waals surface area contributed by atoms with E-state index < -0.39 is 0 Å². The van der Waals surface area contributed by atoms with Gasteiger partial charge in [-0.1, -0.05) is 18.2 Å². The third kappa shape index (κ3) is 5.38. The molecule has 1 amide bonds. The average Bonchev–Trinajstić information content (AvgIpc) is 2.81. The molecule has 1 heterocycles. The summed E-state index contributed by atoms with van der Waals surface area (Å²) in [4.78, 5) is 18.0. The van der Waals surface area contributed by atoms with Crippen molar-refractivity contribution in [1.82, 2.24) is 0 Å². The van der Waals surface area contributed by atoms with Gasteiger partial charge in [-0.05, 0) is 50.6 Å². The molecule has 0 bridgehead atoms. The Labute approximate surface area is 186 Å². The predicted octanol–water partition coefficient (Wildman–Crippen LogP) is 0.737. The van der Waals surface area contributed by atoms with Gasteiger partial charge >= 0.3 is 0 Å². The Kier molecular flexibility index (Phi) is 7.93. The maximum Gasteiger partial charge on any atom is 0.284 e. The lowest BCUT2D eigenvalue weighted by Gasteiger charge is -2.34. The van der Waals surface area contributed by atoms with Crippen molar-refractivity contribution in [1.29, 1.82) is 0 Å². The minimum absolute atomic E-state index is 0.0375. The van der Waals surface area contributed by atoms with Gasteiger partial charge < -0.3 is 24.2 Å². The average molecular weight is 428 g/mol. The van der Waals surface area contributed by atoms with E-state index in [4.69, 9.17) is 9.47 Å². The molecular formula is C25H37N3O3+2. The van der Waals surface area contributed by atoms with Crippen molar-refractivity contribution < 1.29 is 24.1 Å². The normalized spacial score (nSPS) is 19.5. The fourth-order valence-electron chi connectivity index (χ4n) is 4.50. The molecule has 2 aromatic rings. The molecule has 1 fully saturated rings. The van der Waals surface area contributed by atoms with Crippen LogP contribution in [0, 0.1) is 6.92 Å². The van der Waals surface area contributed by atoms with Crippen molar-refractivity contribution in [2.75, 3.05) is 51.8 Å². The van der Waals surface area contributed by atoms with E-state index >= 15 is 0 Å². The number of methoxy groups -OCH3 is 2. The second kappa shape index (κ2) is 10.6. The highest BCUT2D eigenvalue weighted by molar-refractivity contribution is 5.96. The quantitative estimate of drug-likeness (QED) is 0.653. The number of para-hydroxylation sites is 1. The molecule has 6 nitrogen and oxygen atoms in total. The summed E-state index contributed by atoms with van der Waals surface area (Å²) in [6.07, 6.45) is 0. The highest BCUT2D eigenvalue weighted by atomic mass is 16.5. The number of aryl methyl sites for hydroxylation is 1. The summed E-state index contributed by atoms with van der Waals surface area (Å²) in [6.45, 7) is 12.0. The van der Waals surface area contributed by atoms with Crippen LogP contribution < -0.4 is 24.2 Å². The second-order valence-corrected chi connectivity index (χ2v) is 8.36. The lowest BCUT2D eigenvalue weighted by Crippen LogP contribution is -3.29. The van der Waals surface area contributed by atoms with Crippen molar-refractivity contribution >= 4 is 11.6 Å². The zero-order valence-electron chi connectivity index (χ0n) is 19.5. The smallest absolute Gasteiger partial charge is 0.284 e. The molecule has 1 atom stereocenters. The van der Waals surface area contributed by atoms with Gasteiger partial charge in [0.15, 0.2) is 17.5 Å². The van der Waals surface area contributed by atoms with Gasteiger partial charge in [0.05, 0.1) is 14.2 Å². The fraction of sp³-hybridized carbons (Fsp3) is 0.480. The molecular weight excluding hydrogens is 390 g/mol. The monoisotopic (exact) mass is 427 g/mol. The van der Waals surface area contributed by atoms with Gasteiger partial charge in [-0.2, -0.15) is 0 Å². The minimum atomic E-state index is -0.0375. The van der Waals surface area contributed by atoms with E-state index in [-0.39, 0.29) is 11.9 Å². The number of amides is 1. The number of carbonyl (C=O) groups excluding carboxylic acids is 1. The molecule has 1 aliphatic rings. The lowest BCUT2D eigenvalue weighted by atomic mass is 10.1. The van der Waals surface area contributed by atoms with Gasteiger partial charge in [-0.25, -0.2) is 0 Å². The van der Waals surface area contributed by atoms with E-state index in [1.807, 2.05) is 42.2 Å². The Hall–Kier alpha value is -2.57. The number of rotatable bonds is 8. The van der Waals surface area contributed by atoms with Crippen LogP contribution in [0.2, 0.25) is 0 Å². The number of quaternary nitrogens is 2. The fourth-order valence-corrected chi connectivity index (χ4v) is 4.50. The Morgan fingerprint density at radius 1 is 1.03 bits per heavy atom. The molecule has 0 aromatic heterocycles. The molecule has 168 valence electrons. The molecule has 2 aromatic carbocycles. The highest BCUT2D eigenvalue weighted by Gasteiger charge is 2.33. The van der Waals surface area contributed by atoms with Crippen LogP contribution in [0.3, 0.4) is 0 Å². The van der Waals surface area contributed by atoms with Gasteiger partial charge in [0, 0.05) is 17.8 Å². The molecule has 2 N–H and O–H groups in total. The van der Waals surface area contributed by atoms with Crippen LogP contribution in [0.25, 0.3) is 0 Å². The van der Waals surface area contributed by atoms with Crippen molar-refractivity contribution in [3.63, 3.8) is 0 Å². The largest absolute Gasteiger partial charge is 0.493 e. The van der Waals surface area contributed by atoms with Crippen LogP contribution in [0.15, 0.2) is 42.5 Å². The maximum absolute atomic E-state index is 13.2. The summed E-state index contributed by atoms with van der Waals surface area (Å²) in [5.74, 6) is 1.77. The first kappa shape index (κ1) is 23.1. The summed E-state index contributed by atoms with van der Waals surface area (Å²) in [7, 11) is 3.35. The summed E-state index contributed by atoms with van der Waals surface area (Å²) >= 11 is 0. The van der Waals surface area contributed by atoms with Gasteiger partial charge in [0.2, 0.25) is 0 Å². The first-order valence-corrected chi connectivity index (χ1v) is 11.2. The molecule has 1 saturated heterocycles. The number of benzene rings is 2. The summed E-state index contributed by atoms with van der Waals surface area (Å²) in [5.41, 5.74) is 3.50. The first-order valence-electron chi connectivity index (χ1n) is 11.2. The van der Waals surface area contributed by atoms with E-state index in [0.717, 1.165) is 49.9 Å². The van der Waals surface area contributed by atoms with E-state index in [0.29, 0.717) is 6.54 Å². The number of piperazine rings is 1. The number of anilines is 1. The van der Waals surface area contributed by atoms with E-state index in [1.54, 1.807) is 19.1 Å². The Balaban J connectivity index is 1.60. The molecule has 0 aliphatic carbocycles. The van der Waals surface area contributed by atoms with E-state index in [1.165, 1.54) is 16.0 Å². The maximum atomic E-state index is 13.2. The summed E-state index contributed by atoms with van der Waals surface area (Å²) in [5, 5.41) is 0. The standard InChI is InChI=1S/C25H35N3O3/c1-6-28(22-10-8-7-9-11-22)25(29)20(3)27-14-12-26(13-15-27)18-21-17-24(31-5)23(30-4)16-19(21)2/h7-11,16-17,20H,6,12-15,18H2,1-5H3/p+2/t20-/m1/s1. The summed E-state index contributed by atoms with van der Waals surface area (Å²) in [6, 6.07) is 14.1. The first-order chi connectivity index (χ1) is 15.0. The Morgan fingerprint density at radius 3 is 2.23 bits per heavy atom. The van der Waals surface area contributed by atoms with Crippen molar-refractivity contribution in [3.05, 3.63) is 53.6 Å². The minimum Gasteiger partial charge on any atom is -0.493 e. The molecule has 6 heteroatoms. The molecule has 0 spiro atoms. The van der Waals surface area contributed by atoms with Crippen LogP contribution in [0.5, 0.6) is 11.5 Å². The topological polar surface area (TPSA) is 47.7 Å². The van der Waals surface area contributed by atoms with Gasteiger partial charge in [0.25, 0.3) is 5.91 Å².